The average molecular weight is 462 g/mol. The third-order valence-electron chi connectivity index (χ3n) is 6.23. The number of allylic oxidation sites excluding steroid dienone is 12. The molecule has 1 nitrogen and oxygen atoms in total. The average Bonchev–Trinajstić information content (AvgIpc) is 3.11. The van der Waals surface area contributed by atoms with Crippen LogP contribution in [0.3, 0.4) is 0 Å². The number of hydrogen-bond acceptors (Lipinski definition) is 1. The van der Waals surface area contributed by atoms with Crippen LogP contribution in [-0.2, 0) is 0 Å². The van der Waals surface area contributed by atoms with Crippen molar-refractivity contribution in [3.05, 3.63) is 138 Å². The lowest BCUT2D eigenvalue weighted by atomic mass is 10.0. The first-order valence-corrected chi connectivity index (χ1v) is 12.7. The van der Waals surface area contributed by atoms with Crippen molar-refractivity contribution in [2.45, 2.75) is 53.0 Å². The van der Waals surface area contributed by atoms with Gasteiger partial charge >= 0.3 is 0 Å². The van der Waals surface area contributed by atoms with Crippen LogP contribution in [-0.4, -0.2) is 6.04 Å². The number of rotatable bonds is 9. The summed E-state index contributed by atoms with van der Waals surface area (Å²) >= 11 is 0. The first-order valence-electron chi connectivity index (χ1n) is 12.7. The second-order valence-electron chi connectivity index (χ2n) is 8.99. The standard InChI is InChI=1S/C34H39N/c1-5-7-9-16-29(4)35(27-13-20-30(14-6-2)31-17-10-8-11-18-31)34-25-23-33(24-26-34)32-19-12-15-28(3)21-22-32/h5-11,13-14,16-18,20-27,29H,12,15,19H2,1-4H3/b7-5-,14-6-,16-9-,27-13+,30-20+. The largest absolute Gasteiger partial charge is 0.341 e. The van der Waals surface area contributed by atoms with Crippen LogP contribution in [0.5, 0.6) is 0 Å². The fourth-order valence-electron chi connectivity index (χ4n) is 4.24. The van der Waals surface area contributed by atoms with Gasteiger partial charge in [0, 0.05) is 17.9 Å². The molecular formula is C34H39N. The maximum atomic E-state index is 2.32. The van der Waals surface area contributed by atoms with E-state index in [0.29, 0.717) is 0 Å². The van der Waals surface area contributed by atoms with E-state index >= 15 is 0 Å². The molecule has 0 aliphatic heterocycles. The Kier molecular flexibility index (Phi) is 10.4. The predicted octanol–water partition coefficient (Wildman–Crippen LogP) is 9.70. The number of nitrogens with zero attached hydrogens (tertiary/aromatic N) is 1. The lowest BCUT2D eigenvalue weighted by Crippen LogP contribution is -2.25. The number of hydrogen-bond donors (Lipinski definition) is 0. The van der Waals surface area contributed by atoms with Crippen molar-refractivity contribution in [1.82, 2.24) is 0 Å². The Hall–Kier alpha value is -3.58. The molecule has 2 aromatic carbocycles. The third kappa shape index (κ3) is 8.00. The van der Waals surface area contributed by atoms with Gasteiger partial charge in [0.1, 0.15) is 0 Å². The van der Waals surface area contributed by atoms with Gasteiger partial charge in [-0.2, -0.15) is 0 Å². The van der Waals surface area contributed by atoms with E-state index < -0.39 is 0 Å². The van der Waals surface area contributed by atoms with Gasteiger partial charge in [-0.1, -0.05) is 103 Å². The highest BCUT2D eigenvalue weighted by Gasteiger charge is 2.11. The highest BCUT2D eigenvalue weighted by atomic mass is 15.1. The molecule has 0 saturated heterocycles. The molecule has 0 spiro atoms. The van der Waals surface area contributed by atoms with Crippen molar-refractivity contribution in [3.8, 4) is 0 Å². The zero-order valence-corrected chi connectivity index (χ0v) is 21.7. The summed E-state index contributed by atoms with van der Waals surface area (Å²) in [7, 11) is 0. The minimum absolute atomic E-state index is 0.214. The van der Waals surface area contributed by atoms with Crippen LogP contribution in [0.4, 0.5) is 5.69 Å². The quantitative estimate of drug-likeness (QED) is 0.336. The Morgan fingerprint density at radius 1 is 0.857 bits per heavy atom. The van der Waals surface area contributed by atoms with Crippen LogP contribution in [0, 0.1) is 0 Å². The van der Waals surface area contributed by atoms with Crippen molar-refractivity contribution in [3.63, 3.8) is 0 Å². The highest BCUT2D eigenvalue weighted by molar-refractivity contribution is 5.75. The van der Waals surface area contributed by atoms with Gasteiger partial charge in [0.15, 0.2) is 0 Å². The molecule has 1 aliphatic rings. The Labute approximate surface area is 212 Å². The van der Waals surface area contributed by atoms with Gasteiger partial charge < -0.3 is 4.90 Å². The van der Waals surface area contributed by atoms with Crippen molar-refractivity contribution < 1.29 is 0 Å². The number of benzene rings is 2. The molecule has 0 radical (unpaired) electrons. The van der Waals surface area contributed by atoms with Crippen molar-refractivity contribution >= 4 is 16.8 Å². The maximum absolute atomic E-state index is 2.32. The molecule has 0 heterocycles. The van der Waals surface area contributed by atoms with E-state index in [2.05, 4.69) is 147 Å². The Balaban J connectivity index is 1.89. The molecule has 180 valence electrons. The predicted molar refractivity (Wildman–Crippen MR) is 156 cm³/mol. The fourth-order valence-corrected chi connectivity index (χ4v) is 4.24. The smallest absolute Gasteiger partial charge is 0.0491 e. The van der Waals surface area contributed by atoms with Crippen LogP contribution in [0.15, 0.2) is 127 Å². The summed E-state index contributed by atoms with van der Waals surface area (Å²) in [4.78, 5) is 2.32. The Bertz CT molecular complexity index is 1130. The molecule has 1 heteroatoms. The van der Waals surface area contributed by atoms with Crippen LogP contribution >= 0.6 is 0 Å². The monoisotopic (exact) mass is 461 g/mol. The van der Waals surface area contributed by atoms with Gasteiger partial charge in [0.2, 0.25) is 0 Å². The summed E-state index contributed by atoms with van der Waals surface area (Å²) in [6, 6.07) is 19.8. The topological polar surface area (TPSA) is 3.24 Å². The molecule has 1 aliphatic carbocycles. The Morgan fingerprint density at radius 3 is 2.34 bits per heavy atom. The highest BCUT2D eigenvalue weighted by Crippen LogP contribution is 2.28. The van der Waals surface area contributed by atoms with Gasteiger partial charge in [-0.05, 0) is 87.4 Å². The summed E-state index contributed by atoms with van der Waals surface area (Å²) in [5.74, 6) is 0. The molecular weight excluding hydrogens is 422 g/mol. The first kappa shape index (κ1) is 26.0. The molecule has 1 atom stereocenters. The third-order valence-corrected chi connectivity index (χ3v) is 6.23. The minimum atomic E-state index is 0.214. The summed E-state index contributed by atoms with van der Waals surface area (Å²) in [6.45, 7) is 8.56. The first-order chi connectivity index (χ1) is 17.1. The van der Waals surface area contributed by atoms with Gasteiger partial charge in [0.05, 0.1) is 0 Å². The lowest BCUT2D eigenvalue weighted by Gasteiger charge is -2.26. The van der Waals surface area contributed by atoms with E-state index in [1.807, 2.05) is 6.92 Å². The summed E-state index contributed by atoms with van der Waals surface area (Å²) < 4.78 is 0. The zero-order valence-electron chi connectivity index (χ0n) is 21.7. The molecule has 1 unspecified atom stereocenters. The molecule has 0 N–H and O–H groups in total. The maximum Gasteiger partial charge on any atom is 0.0491 e. The van der Waals surface area contributed by atoms with E-state index in [1.165, 1.54) is 46.4 Å². The molecule has 0 aromatic heterocycles. The summed E-state index contributed by atoms with van der Waals surface area (Å²) in [5, 5.41) is 0. The molecule has 0 amide bonds. The number of anilines is 1. The van der Waals surface area contributed by atoms with Crippen LogP contribution in [0.1, 0.15) is 58.1 Å². The summed E-state index contributed by atoms with van der Waals surface area (Å²) in [5.41, 5.74) is 7.81. The van der Waals surface area contributed by atoms with Crippen LogP contribution in [0.25, 0.3) is 11.1 Å². The van der Waals surface area contributed by atoms with E-state index in [9.17, 15) is 0 Å². The molecule has 35 heavy (non-hydrogen) atoms. The van der Waals surface area contributed by atoms with Gasteiger partial charge in [-0.25, -0.2) is 0 Å². The van der Waals surface area contributed by atoms with E-state index in [0.717, 1.165) is 6.42 Å². The summed E-state index contributed by atoms with van der Waals surface area (Å²) in [6.07, 6.45) is 27.4. The van der Waals surface area contributed by atoms with Crippen molar-refractivity contribution in [2.24, 2.45) is 0 Å². The Morgan fingerprint density at radius 2 is 1.63 bits per heavy atom. The van der Waals surface area contributed by atoms with Crippen molar-refractivity contribution in [1.29, 1.82) is 0 Å². The molecule has 0 fully saturated rings. The molecule has 2 aromatic rings. The molecule has 0 bridgehead atoms. The SMILES string of the molecule is C/C=C\C=C/C(C)N(/C=C/C=C(\C=C/C)c1ccccc1)c1ccc(C2=CC=C(C)CCC2)cc1. The van der Waals surface area contributed by atoms with Gasteiger partial charge in [0.25, 0.3) is 0 Å². The van der Waals surface area contributed by atoms with Gasteiger partial charge in [-0.15, -0.1) is 0 Å². The molecule has 0 saturated carbocycles. The minimum Gasteiger partial charge on any atom is -0.341 e. The normalized spacial score (nSPS) is 16.2. The van der Waals surface area contributed by atoms with E-state index in [1.54, 1.807) is 0 Å². The van der Waals surface area contributed by atoms with Crippen LogP contribution < -0.4 is 4.90 Å². The second kappa shape index (κ2) is 14.0. The van der Waals surface area contributed by atoms with E-state index in [4.69, 9.17) is 0 Å². The van der Waals surface area contributed by atoms with Crippen LogP contribution in [0.2, 0.25) is 0 Å². The molecule has 3 rings (SSSR count). The zero-order chi connectivity index (χ0) is 24.9. The van der Waals surface area contributed by atoms with Crippen molar-refractivity contribution in [2.75, 3.05) is 4.90 Å². The van der Waals surface area contributed by atoms with E-state index in [-0.39, 0.29) is 6.04 Å². The fraction of sp³-hybridized carbons (Fsp3) is 0.235. The van der Waals surface area contributed by atoms with Gasteiger partial charge in [-0.3, -0.25) is 0 Å². The second-order valence-corrected chi connectivity index (χ2v) is 8.99. The lowest BCUT2D eigenvalue weighted by molar-refractivity contribution is 0.849.